The minimum Gasteiger partial charge on any atom is -0.307 e. The number of hydrogen-bond acceptors (Lipinski definition) is 6. The van der Waals surface area contributed by atoms with E-state index < -0.39 is 0 Å². The lowest BCUT2D eigenvalue weighted by Crippen LogP contribution is -2.63. The van der Waals surface area contributed by atoms with Gasteiger partial charge in [-0.25, -0.2) is 0 Å². The van der Waals surface area contributed by atoms with Gasteiger partial charge in [0.05, 0.1) is 11.8 Å². The van der Waals surface area contributed by atoms with Gasteiger partial charge >= 0.3 is 0 Å². The first-order valence-electron chi connectivity index (χ1n) is 36.3. The molecular formula is C74H140N4O4. The maximum atomic E-state index is 13.5. The molecule has 4 amide bonds. The highest BCUT2D eigenvalue weighted by atomic mass is 16.2. The van der Waals surface area contributed by atoms with Crippen molar-refractivity contribution in [1.82, 2.24) is 20.4 Å². The van der Waals surface area contributed by atoms with Gasteiger partial charge in [0.25, 0.3) is 0 Å². The topological polar surface area (TPSA) is 98.8 Å². The lowest BCUT2D eigenvalue weighted by Gasteiger charge is -2.48. The van der Waals surface area contributed by atoms with Crippen LogP contribution in [0.3, 0.4) is 0 Å². The molecule has 82 heavy (non-hydrogen) atoms. The first-order chi connectivity index (χ1) is 38.9. The summed E-state index contributed by atoms with van der Waals surface area (Å²) in [4.78, 5) is 56.9. The Labute approximate surface area is 510 Å². The summed E-state index contributed by atoms with van der Waals surface area (Å²) in [5.74, 6) is 0.734. The highest BCUT2D eigenvalue weighted by Crippen LogP contribution is 2.41. The number of nitrogens with zero attached hydrogens (tertiary/aromatic N) is 2. The van der Waals surface area contributed by atoms with E-state index in [-0.39, 0.29) is 81.5 Å². The van der Waals surface area contributed by atoms with E-state index in [0.29, 0.717) is 11.8 Å². The number of likely N-dealkylation sites (tertiary alicyclic amines) is 2. The van der Waals surface area contributed by atoms with Crippen LogP contribution in [0.1, 0.15) is 379 Å². The number of nitrogens with one attached hydrogen (secondary N) is 2. The molecule has 8 heteroatoms. The van der Waals surface area contributed by atoms with Gasteiger partial charge in [-0.15, -0.1) is 0 Å². The van der Waals surface area contributed by atoms with Gasteiger partial charge in [-0.05, 0) is 106 Å². The number of carbonyl (C=O) groups excluding carboxylic acids is 4. The Morgan fingerprint density at radius 1 is 0.341 bits per heavy atom. The fraction of sp³-hybridized carbons (Fsp3) is 0.946. The molecule has 0 spiro atoms. The Morgan fingerprint density at radius 3 is 0.744 bits per heavy atom. The zero-order valence-electron chi connectivity index (χ0n) is 57.3. The van der Waals surface area contributed by atoms with Crippen LogP contribution in [0.2, 0.25) is 0 Å². The fourth-order valence-electron chi connectivity index (χ4n) is 15.9. The third-order valence-electron chi connectivity index (χ3n) is 20.1. The van der Waals surface area contributed by atoms with Crippen LogP contribution in [-0.4, -0.2) is 67.7 Å². The van der Waals surface area contributed by atoms with Crippen molar-refractivity contribution in [2.45, 2.75) is 414 Å². The van der Waals surface area contributed by atoms with Crippen molar-refractivity contribution < 1.29 is 19.2 Å². The van der Waals surface area contributed by atoms with E-state index in [2.05, 4.69) is 93.7 Å². The molecule has 0 bridgehead atoms. The highest BCUT2D eigenvalue weighted by molar-refractivity contribution is 6.06. The Hall–Kier alpha value is -1.80. The molecule has 6 unspecified atom stereocenters. The smallest absolute Gasteiger partial charge is 0.233 e. The molecule has 0 saturated carbocycles. The van der Waals surface area contributed by atoms with E-state index in [9.17, 15) is 19.2 Å². The van der Waals surface area contributed by atoms with Crippen molar-refractivity contribution >= 4 is 23.6 Å². The van der Waals surface area contributed by atoms with E-state index in [4.69, 9.17) is 0 Å². The predicted octanol–water partition coefficient (Wildman–Crippen LogP) is 20.7. The van der Waals surface area contributed by atoms with Gasteiger partial charge in [0, 0.05) is 46.1 Å². The molecule has 4 aliphatic rings. The number of rotatable bonds is 44. The quantitative estimate of drug-likeness (QED) is 0.0466. The number of unbranched alkanes of at least 4 members (excludes halogenated alkanes) is 34. The summed E-state index contributed by atoms with van der Waals surface area (Å²) in [7, 11) is 0. The molecule has 480 valence electrons. The minimum atomic E-state index is -0.175. The maximum absolute atomic E-state index is 13.5. The van der Waals surface area contributed by atoms with Crippen LogP contribution in [0, 0.1) is 35.5 Å². The summed E-state index contributed by atoms with van der Waals surface area (Å²) in [6.07, 6.45) is 58.0. The van der Waals surface area contributed by atoms with Crippen LogP contribution < -0.4 is 10.6 Å². The molecule has 6 atom stereocenters. The number of piperidine rings is 2. The molecule has 4 rings (SSSR count). The maximum Gasteiger partial charge on any atom is 0.233 e. The van der Waals surface area contributed by atoms with Crippen molar-refractivity contribution in [1.29, 1.82) is 0 Å². The summed E-state index contributed by atoms with van der Waals surface area (Å²) >= 11 is 0. The molecule has 4 aliphatic heterocycles. The largest absolute Gasteiger partial charge is 0.307 e. The van der Waals surface area contributed by atoms with Crippen LogP contribution in [0.5, 0.6) is 0 Å². The van der Waals surface area contributed by atoms with Crippen molar-refractivity contribution in [2.24, 2.45) is 35.5 Å². The second kappa shape index (κ2) is 39.9. The van der Waals surface area contributed by atoms with E-state index in [1.807, 2.05) is 13.8 Å². The fourth-order valence-corrected chi connectivity index (χ4v) is 15.9. The van der Waals surface area contributed by atoms with Gasteiger partial charge in [0.2, 0.25) is 23.6 Å². The second-order valence-electron chi connectivity index (χ2n) is 31.1. The number of amides is 4. The standard InChI is InChI=1S/C39H74N2O2.C35H66N2O2/c1-8-9-10-11-12-13-14-15-16-17-18-19-20-21-22-23-24-25-26-27-28-32(2)29-35-33(3)36(42)41(37(35)43)34-30-38(4,5)40-39(6,7)31-34;1-8-9-10-11-12-13-14-15-16-17-18-19-20-21-22-23-24-28(2)25-31-29(3)32(38)37(33(31)39)30-26-34(4,5)36-35(6,7)27-30/h32-35,40H,8-31H2,1-7H3;28-31,36H,8-27H2,1-7H3. The number of imide groups is 2. The van der Waals surface area contributed by atoms with Crippen LogP contribution in [0.15, 0.2) is 0 Å². The molecule has 4 heterocycles. The Morgan fingerprint density at radius 2 is 0.537 bits per heavy atom. The Balaban J connectivity index is 0.000000432. The Bertz CT molecular complexity index is 1710. The predicted molar refractivity (Wildman–Crippen MR) is 352 cm³/mol. The van der Waals surface area contributed by atoms with Crippen molar-refractivity contribution in [3.63, 3.8) is 0 Å². The lowest BCUT2D eigenvalue weighted by atomic mass is 9.79. The molecule has 4 saturated heterocycles. The molecule has 2 N–H and O–H groups in total. The molecule has 0 aromatic heterocycles. The van der Waals surface area contributed by atoms with Gasteiger partial charge < -0.3 is 10.6 Å². The molecule has 8 nitrogen and oxygen atoms in total. The molecule has 4 fully saturated rings. The normalized spacial score (nSPS) is 23.4. The summed E-state index contributed by atoms with van der Waals surface area (Å²) in [6, 6.07) is 0.0258. The average Bonchev–Trinajstić information content (AvgIpc) is 3.85. The van der Waals surface area contributed by atoms with Gasteiger partial charge in [-0.3, -0.25) is 29.0 Å². The third kappa shape index (κ3) is 29.3. The summed E-state index contributed by atoms with van der Waals surface area (Å²) < 4.78 is 0. The monoisotopic (exact) mass is 1150 g/mol. The van der Waals surface area contributed by atoms with Crippen molar-refractivity contribution in [3.8, 4) is 0 Å². The molecule has 0 radical (unpaired) electrons. The third-order valence-corrected chi connectivity index (χ3v) is 20.1. The second-order valence-corrected chi connectivity index (χ2v) is 31.1. The number of hydrogen-bond donors (Lipinski definition) is 2. The first-order valence-corrected chi connectivity index (χ1v) is 36.3. The van der Waals surface area contributed by atoms with Gasteiger partial charge in [0.1, 0.15) is 0 Å². The van der Waals surface area contributed by atoms with Gasteiger partial charge in [-0.1, -0.05) is 286 Å². The SMILES string of the molecule is CCCCCCCCCCCCCCCCCCC(C)CC1C(=O)N(C2CC(C)(C)NC(C)(C)C2)C(=O)C1C.CCCCCCCCCCCCCCCCCCCCCCC(C)CC1C(=O)N(C2CC(C)(C)NC(C)(C)C2)C(=O)C1C. The molecule has 0 aromatic carbocycles. The average molecular weight is 1150 g/mol. The van der Waals surface area contributed by atoms with Crippen LogP contribution >= 0.6 is 0 Å². The van der Waals surface area contributed by atoms with Crippen molar-refractivity contribution in [2.75, 3.05) is 0 Å². The molecule has 0 aromatic rings. The van der Waals surface area contributed by atoms with Crippen LogP contribution in [0.4, 0.5) is 0 Å². The first kappa shape index (κ1) is 74.5. The van der Waals surface area contributed by atoms with Gasteiger partial charge in [0.15, 0.2) is 0 Å². The van der Waals surface area contributed by atoms with E-state index >= 15 is 0 Å². The van der Waals surface area contributed by atoms with Gasteiger partial charge in [-0.2, -0.15) is 0 Å². The van der Waals surface area contributed by atoms with Crippen molar-refractivity contribution in [3.05, 3.63) is 0 Å². The van der Waals surface area contributed by atoms with E-state index in [1.165, 1.54) is 244 Å². The van der Waals surface area contributed by atoms with E-state index in [0.717, 1.165) is 38.5 Å². The van der Waals surface area contributed by atoms with E-state index in [1.54, 1.807) is 9.80 Å². The highest BCUT2D eigenvalue weighted by Gasteiger charge is 2.53. The minimum absolute atomic E-state index is 0.0125. The zero-order valence-corrected chi connectivity index (χ0v) is 57.3. The Kier molecular flexibility index (Phi) is 36.2. The number of carbonyl (C=O) groups is 4. The lowest BCUT2D eigenvalue weighted by molar-refractivity contribution is -0.146. The molecule has 0 aliphatic carbocycles. The zero-order chi connectivity index (χ0) is 60.6. The summed E-state index contributed by atoms with van der Waals surface area (Å²) in [5, 5.41) is 7.37. The van der Waals surface area contributed by atoms with Crippen LogP contribution in [0.25, 0.3) is 0 Å². The van der Waals surface area contributed by atoms with Crippen LogP contribution in [-0.2, 0) is 19.2 Å². The summed E-state index contributed by atoms with van der Waals surface area (Å²) in [6.45, 7) is 30.7. The summed E-state index contributed by atoms with van der Waals surface area (Å²) in [5.41, 5.74) is -0.300. The molecular weight excluding hydrogens is 1010 g/mol.